The Hall–Kier alpha value is -12.8. The highest BCUT2D eigenvalue weighted by atomic mass is 32.1. The van der Waals surface area contributed by atoms with Gasteiger partial charge in [0.25, 0.3) is 11.5 Å². The highest BCUT2D eigenvalue weighted by molar-refractivity contribution is 7.18. The van der Waals surface area contributed by atoms with Crippen LogP contribution < -0.4 is 15.8 Å². The zero-order chi connectivity index (χ0) is 86.2. The number of allylic oxidation sites excluding steroid dienone is 7. The highest BCUT2D eigenvalue weighted by Gasteiger charge is 2.30. The number of aromatic amines is 5. The Balaban J connectivity index is 0.000000339. The van der Waals surface area contributed by atoms with Crippen molar-refractivity contribution in [1.82, 2.24) is 55.2 Å². The molecule has 30 heteroatoms. The number of thiophene rings is 1. The Kier molecular flexibility index (Phi) is 25.3. The van der Waals surface area contributed by atoms with Crippen molar-refractivity contribution in [2.45, 2.75) is 191 Å². The molecule has 9 aromatic rings. The molecule has 119 heavy (non-hydrogen) atoms. The summed E-state index contributed by atoms with van der Waals surface area (Å²) in [5.74, 6) is -6.28. The van der Waals surface area contributed by atoms with Crippen molar-refractivity contribution in [3.63, 3.8) is 0 Å². The molecule has 14 N–H and O–H groups in total. The third-order valence-electron chi connectivity index (χ3n) is 22.4. The molecule has 0 spiro atoms. The van der Waals surface area contributed by atoms with Gasteiger partial charge in [0.15, 0.2) is 0 Å². The van der Waals surface area contributed by atoms with Crippen LogP contribution in [-0.2, 0) is 46.5 Å². The van der Waals surface area contributed by atoms with E-state index in [4.69, 9.17) is 29.8 Å². The smallest absolute Gasteiger partial charge is 0.326 e. The van der Waals surface area contributed by atoms with Gasteiger partial charge in [0.05, 0.1) is 90.7 Å². The van der Waals surface area contributed by atoms with E-state index in [1.54, 1.807) is 45.0 Å². The van der Waals surface area contributed by atoms with Crippen LogP contribution in [0.15, 0.2) is 83.7 Å². The Morgan fingerprint density at radius 2 is 0.882 bits per heavy atom. The van der Waals surface area contributed by atoms with Gasteiger partial charge in [-0.2, -0.15) is 0 Å². The average Bonchev–Trinajstić information content (AvgIpc) is 1.57. The first-order valence-electron chi connectivity index (χ1n) is 39.1. The van der Waals surface area contributed by atoms with Gasteiger partial charge in [-0.1, -0.05) is 6.07 Å². The lowest BCUT2D eigenvalue weighted by atomic mass is 9.98. The number of ether oxygens (including phenoxy) is 1. The quantitative estimate of drug-likeness (QED) is 0.0227. The van der Waals surface area contributed by atoms with Crippen LogP contribution in [-0.4, -0.2) is 152 Å². The number of aliphatic carboxylic acids is 6. The van der Waals surface area contributed by atoms with E-state index in [1.165, 1.54) is 11.3 Å². The molecule has 620 valence electrons. The normalized spacial score (nSPS) is 14.1. The fraction of sp³-hybridized carbons (Fsp3) is 0.337. The molecule has 1 aromatic carbocycles. The first-order chi connectivity index (χ1) is 56.3. The maximum Gasteiger partial charge on any atom is 0.326 e. The molecular formula is C89H96N12O17S. The molecule has 12 heterocycles. The second-order valence-corrected chi connectivity index (χ2v) is 31.8. The Bertz CT molecular complexity index is 6280. The third-order valence-corrected chi connectivity index (χ3v) is 23.6. The first-order valence-corrected chi connectivity index (χ1v) is 39.9. The van der Waals surface area contributed by atoms with Crippen molar-refractivity contribution < 1.29 is 79.2 Å². The van der Waals surface area contributed by atoms with E-state index in [2.05, 4.69) is 35.2 Å². The number of nitrogens with one attached hydrogen (secondary N) is 6. The van der Waals surface area contributed by atoms with Gasteiger partial charge in [0, 0.05) is 112 Å². The van der Waals surface area contributed by atoms with Crippen molar-refractivity contribution in [2.75, 3.05) is 11.9 Å². The summed E-state index contributed by atoms with van der Waals surface area (Å²) in [4.78, 5) is 139. The van der Waals surface area contributed by atoms with E-state index in [-0.39, 0.29) is 69.8 Å². The van der Waals surface area contributed by atoms with Crippen LogP contribution in [0.3, 0.4) is 0 Å². The van der Waals surface area contributed by atoms with E-state index in [0.717, 1.165) is 94.0 Å². The zero-order valence-corrected chi connectivity index (χ0v) is 69.3. The van der Waals surface area contributed by atoms with Crippen LogP contribution in [0.1, 0.15) is 243 Å². The molecule has 0 radical (unpaired) electrons. The molecule has 1 amide bonds. The van der Waals surface area contributed by atoms with Crippen LogP contribution in [0.25, 0.3) is 99.6 Å². The van der Waals surface area contributed by atoms with Gasteiger partial charge in [-0.25, -0.2) is 29.7 Å². The Morgan fingerprint density at radius 1 is 0.454 bits per heavy atom. The molecule has 0 aliphatic carbocycles. The molecule has 16 bridgehead atoms. The maximum absolute atomic E-state index is 12.4. The summed E-state index contributed by atoms with van der Waals surface area (Å²) in [6.07, 6.45) is -3.29. The number of aryl methyl sites for hydroxylation is 6. The SMILES string of the molecule is CC1=C(CCC(=O)O)c2cc3nc(cc4[nH]c(cc5[nH]c(cc1n2)c(C)c5C(C)OC(C)c1c(C)c2cc5nc(cc6nc(cc7[nH]c(cc1[nH]2)c(C)c7CCC(=O)O)C(CCC(=O)O)=C6C)C(C)=C5C(C)O)c(C)c4C(C)O)C(C)=C3CCC(=O)O.Cc1nc2ccc(CN(C)c3ccc(C(=O)N[C@@H](CCC(=O)O)C(=O)O)s3)cc2c(=O)[nH]1. The number of carbonyl (C=O) groups excluding carboxylic acids is 1. The monoisotopic (exact) mass is 1640 g/mol. The van der Waals surface area contributed by atoms with Crippen molar-refractivity contribution in [1.29, 1.82) is 0 Å². The van der Waals surface area contributed by atoms with Crippen molar-refractivity contribution >= 4 is 158 Å². The van der Waals surface area contributed by atoms with Crippen molar-refractivity contribution in [3.05, 3.63) is 196 Å². The zero-order valence-electron chi connectivity index (χ0n) is 68.5. The van der Waals surface area contributed by atoms with E-state index in [1.807, 2.05) is 136 Å². The Morgan fingerprint density at radius 3 is 1.39 bits per heavy atom. The van der Waals surface area contributed by atoms with Crippen LogP contribution in [0.5, 0.6) is 0 Å². The summed E-state index contributed by atoms with van der Waals surface area (Å²) >= 11 is 1.18. The fourth-order valence-corrected chi connectivity index (χ4v) is 17.1. The van der Waals surface area contributed by atoms with E-state index < -0.39 is 72.2 Å². The number of H-pyrrole nitrogens is 5. The molecule has 4 aliphatic rings. The molecule has 0 saturated heterocycles. The van der Waals surface area contributed by atoms with Crippen molar-refractivity contribution in [2.24, 2.45) is 0 Å². The second-order valence-electron chi connectivity index (χ2n) is 30.7. The van der Waals surface area contributed by atoms with E-state index in [9.17, 15) is 74.1 Å². The largest absolute Gasteiger partial charge is 0.481 e. The number of amides is 1. The third kappa shape index (κ3) is 18.5. The topological polar surface area (TPSA) is 466 Å². The number of aromatic nitrogens is 10. The van der Waals surface area contributed by atoms with Gasteiger partial charge in [0.1, 0.15) is 11.9 Å². The number of carbonyl (C=O) groups is 7. The summed E-state index contributed by atoms with van der Waals surface area (Å²) in [6.45, 7) is 25.1. The van der Waals surface area contributed by atoms with Crippen molar-refractivity contribution in [3.8, 4) is 0 Å². The highest BCUT2D eigenvalue weighted by Crippen LogP contribution is 2.44. The molecular weight excluding hydrogens is 1540 g/mol. The minimum atomic E-state index is -1.29. The molecule has 8 aromatic heterocycles. The lowest BCUT2D eigenvalue weighted by Gasteiger charge is -2.20. The van der Waals surface area contributed by atoms with Gasteiger partial charge in [-0.3, -0.25) is 33.6 Å². The average molecular weight is 1640 g/mol. The predicted molar refractivity (Wildman–Crippen MR) is 457 cm³/mol. The summed E-state index contributed by atoms with van der Waals surface area (Å²) in [5, 5.41) is 83.8. The van der Waals surface area contributed by atoms with E-state index in [0.29, 0.717) is 123 Å². The van der Waals surface area contributed by atoms with Gasteiger partial charge in [-0.05, 0) is 267 Å². The lowest BCUT2D eigenvalue weighted by molar-refractivity contribution is -0.141. The van der Waals surface area contributed by atoms with Gasteiger partial charge in [0.2, 0.25) is 0 Å². The molecule has 0 saturated carbocycles. The minimum absolute atomic E-state index is 0.129. The summed E-state index contributed by atoms with van der Waals surface area (Å²) in [6, 6.07) is 22.8. The van der Waals surface area contributed by atoms with E-state index >= 15 is 0 Å². The number of carboxylic acids is 6. The Labute approximate surface area is 687 Å². The number of anilines is 1. The maximum atomic E-state index is 12.4. The molecule has 5 atom stereocenters. The molecule has 13 rings (SSSR count). The number of rotatable bonds is 27. The first kappa shape index (κ1) is 85.6. The molecule has 0 fully saturated rings. The standard InChI is InChI=1S/C68H74N8O11.C21H22N4O6S/c1-29-41(13-17-61(79)80)53-28-56-44(16-20-64(85)86)32(4)48(72-56)24-59-68(36(8)52(76-59)25-58-65(37(9)77)33(5)49(73-58)21-45(29)69-53)40(12)87-39(11)67-35(7)50-22-46-30(2)42(14-18-62(81)82)54(70-46)27-55-43(15-19-63(83)84)31(3)47(71-55)23-57-66(38(10)78)34(6)51(74-57)26-60(67)75-50;1-11-22-14-4-3-12(9-13(14)19(28)23-11)10-25(2)17-7-6-16(32-17)20(29)24-15(21(30)31)5-8-18(26)27/h21-28,37-40,72,74-78H,13-20H2,1-12H3,(H,79,80)(H,81,82)(H,83,84)(H,85,86);3-4,6-7,9,15H,5,8,10H2,1-2H3,(H,24,29)(H,26,27)(H,30,31)(H,22,23,28)/t;15-/m.0/s1. The number of aliphatic hydroxyl groups is 2. The number of benzene rings is 1. The van der Waals surface area contributed by atoms with Crippen LogP contribution >= 0.6 is 11.3 Å². The number of aliphatic hydroxyl groups excluding tert-OH is 2. The summed E-state index contributed by atoms with van der Waals surface area (Å²) in [5.41, 5.74) is 23.8. The number of carboxylic acid groups (broad SMARTS) is 6. The lowest BCUT2D eigenvalue weighted by Crippen LogP contribution is -2.40. The van der Waals surface area contributed by atoms with Crippen LogP contribution in [0, 0.1) is 34.6 Å². The fourth-order valence-electron chi connectivity index (χ4n) is 16.2. The summed E-state index contributed by atoms with van der Waals surface area (Å²) < 4.78 is 7.28. The number of hydrogen-bond acceptors (Lipinski definition) is 18. The predicted octanol–water partition coefficient (Wildman–Crippen LogP) is 15.8. The molecule has 4 aliphatic heterocycles. The number of nitrogens with zero attached hydrogens (tertiary/aromatic N) is 6. The van der Waals surface area contributed by atoms with Gasteiger partial charge < -0.3 is 80.7 Å². The second kappa shape index (κ2) is 35.2. The van der Waals surface area contributed by atoms with Gasteiger partial charge in [-0.15, -0.1) is 11.3 Å². The van der Waals surface area contributed by atoms with Crippen LogP contribution in [0.2, 0.25) is 0 Å². The van der Waals surface area contributed by atoms with Crippen LogP contribution in [0.4, 0.5) is 5.00 Å². The number of fused-ring (bicyclic) bond motifs is 17. The molecule has 29 nitrogen and oxygen atoms in total. The molecule has 4 unspecified atom stereocenters. The number of hydrogen-bond donors (Lipinski definition) is 14. The minimum Gasteiger partial charge on any atom is -0.481 e. The van der Waals surface area contributed by atoms with Gasteiger partial charge >= 0.3 is 35.8 Å². The summed E-state index contributed by atoms with van der Waals surface area (Å²) in [7, 11) is 1.84.